The molecule has 1 aromatic rings. The number of hydrogen-bond acceptors (Lipinski definition) is 12. The van der Waals surface area contributed by atoms with E-state index in [9.17, 15) is 19.1 Å². The molecule has 12 nitrogen and oxygen atoms in total. The molecule has 1 aromatic carbocycles. The normalized spacial score (nSPS) is 19.4. The molecule has 1 heterocycles. The van der Waals surface area contributed by atoms with Gasteiger partial charge >= 0.3 is 0 Å². The molecule has 0 saturated carbocycles. The molecule has 245 valence electrons. The molecule has 1 fully saturated rings. The fraction of sp³-hybridized carbons (Fsp3) is 0.643. The minimum atomic E-state index is -1.95. The van der Waals surface area contributed by atoms with Gasteiger partial charge in [-0.3, -0.25) is 15.3 Å². The van der Waals surface area contributed by atoms with E-state index >= 15 is 0 Å². The maximum atomic E-state index is 12.9. The highest BCUT2D eigenvalue weighted by Crippen LogP contribution is 2.38. The fourth-order valence-corrected chi connectivity index (χ4v) is 5.80. The van der Waals surface area contributed by atoms with Crippen molar-refractivity contribution in [2.45, 2.75) is 62.1 Å². The van der Waals surface area contributed by atoms with Crippen LogP contribution in [-0.4, -0.2) is 112 Å². The van der Waals surface area contributed by atoms with Crippen LogP contribution in [0.4, 0.5) is 4.39 Å². The molecule has 0 spiro atoms. The lowest BCUT2D eigenvalue weighted by Crippen LogP contribution is -2.33. The number of aliphatic hydroxyl groups is 1. The van der Waals surface area contributed by atoms with Crippen LogP contribution in [0.5, 0.6) is 5.75 Å². The van der Waals surface area contributed by atoms with Crippen LogP contribution in [0.3, 0.4) is 0 Å². The first-order valence-corrected chi connectivity index (χ1v) is 16.4. The van der Waals surface area contributed by atoms with Crippen molar-refractivity contribution >= 4 is 40.7 Å². The van der Waals surface area contributed by atoms with Crippen LogP contribution in [0.1, 0.15) is 37.6 Å². The van der Waals surface area contributed by atoms with Crippen molar-refractivity contribution in [1.29, 1.82) is 0 Å². The molecule has 16 heteroatoms. The van der Waals surface area contributed by atoms with E-state index in [-0.39, 0.29) is 61.6 Å². The Bertz CT molecular complexity index is 1080. The van der Waals surface area contributed by atoms with E-state index in [4.69, 9.17) is 35.2 Å². The van der Waals surface area contributed by atoms with Gasteiger partial charge in [-0.15, -0.1) is 0 Å². The van der Waals surface area contributed by atoms with Gasteiger partial charge in [-0.05, 0) is 24.6 Å². The third-order valence-electron chi connectivity index (χ3n) is 5.54. The Morgan fingerprint density at radius 3 is 2.80 bits per heavy atom. The number of carbonyl (C=O) groups excluding carboxylic acids is 2. The molecule has 44 heavy (non-hydrogen) atoms. The summed E-state index contributed by atoms with van der Waals surface area (Å²) in [5.41, 5.74) is 10.6. The predicted octanol–water partition coefficient (Wildman–Crippen LogP) is 0.779. The molecule has 1 aliphatic heterocycles. The number of nitrogens with two attached hydrogens (primary N) is 2. The lowest BCUT2D eigenvalue weighted by Gasteiger charge is -2.22. The Labute approximate surface area is 267 Å². The van der Waals surface area contributed by atoms with Crippen LogP contribution in [0, 0.1) is 11.7 Å². The minimum Gasteiger partial charge on any atom is -0.490 e. The second-order valence-electron chi connectivity index (χ2n) is 10.4. The van der Waals surface area contributed by atoms with Gasteiger partial charge in [0.1, 0.15) is 30.5 Å². The zero-order valence-electron chi connectivity index (χ0n) is 25.3. The van der Waals surface area contributed by atoms with Crippen LogP contribution >= 0.6 is 21.6 Å². The van der Waals surface area contributed by atoms with E-state index in [1.807, 2.05) is 0 Å². The van der Waals surface area contributed by atoms with Crippen molar-refractivity contribution in [2.24, 2.45) is 11.5 Å². The number of halogens is 1. The van der Waals surface area contributed by atoms with Gasteiger partial charge < -0.3 is 45.2 Å². The molecule has 0 aliphatic carbocycles. The minimum absolute atomic E-state index is 0.00516. The average Bonchev–Trinajstić information content (AvgIpc) is 3.36. The number of carbonyl (C=O) groups is 2. The molecule has 1 radical (unpaired) electrons. The van der Waals surface area contributed by atoms with Crippen LogP contribution in [0.15, 0.2) is 24.3 Å². The van der Waals surface area contributed by atoms with Crippen molar-refractivity contribution in [2.75, 3.05) is 52.7 Å². The van der Waals surface area contributed by atoms with E-state index in [1.54, 1.807) is 42.3 Å². The van der Waals surface area contributed by atoms with Gasteiger partial charge in [0.2, 0.25) is 5.91 Å². The highest BCUT2D eigenvalue weighted by Gasteiger charge is 2.36. The van der Waals surface area contributed by atoms with Gasteiger partial charge in [-0.25, -0.2) is 0 Å². The second kappa shape index (κ2) is 20.9. The van der Waals surface area contributed by atoms with Crippen molar-refractivity contribution in [1.82, 2.24) is 10.6 Å². The summed E-state index contributed by atoms with van der Waals surface area (Å²) in [5.74, 6) is 5.53. The van der Waals surface area contributed by atoms with Crippen LogP contribution in [0.2, 0.25) is 0 Å². The van der Waals surface area contributed by atoms with Gasteiger partial charge in [0.05, 0.1) is 32.5 Å². The number of alkyl halides is 1. The zero-order chi connectivity index (χ0) is 32.4. The molecule has 2 amide bonds. The molecule has 2 rings (SSSR count). The Morgan fingerprint density at radius 2 is 2.09 bits per heavy atom. The number of rotatable bonds is 19. The van der Waals surface area contributed by atoms with Gasteiger partial charge in [-0.2, -0.15) is 10.2 Å². The highest BCUT2D eigenvalue weighted by molar-refractivity contribution is 8.77. The molecule has 7 N–H and O–H groups in total. The maximum Gasteiger partial charge on any atom is 0.253 e. The van der Waals surface area contributed by atoms with Gasteiger partial charge in [0.15, 0.2) is 0 Å². The number of ether oxygens (including phenoxy) is 5. The Morgan fingerprint density at radius 1 is 1.30 bits per heavy atom. The Hall–Kier alpha value is -2.07. The van der Waals surface area contributed by atoms with Gasteiger partial charge in [-0.1, -0.05) is 54.3 Å². The number of nitrogens with one attached hydrogen (secondary N) is 2. The van der Waals surface area contributed by atoms with Crippen LogP contribution in [-0.2, 0) is 23.7 Å². The summed E-state index contributed by atoms with van der Waals surface area (Å²) in [6.45, 7) is 5.36. The lowest BCUT2D eigenvalue weighted by atomic mass is 9.71. The Kier molecular flexibility index (Phi) is 18.1. The van der Waals surface area contributed by atoms with E-state index < -0.39 is 24.7 Å². The lowest BCUT2D eigenvalue weighted by molar-refractivity contribution is -0.126. The van der Waals surface area contributed by atoms with Crippen molar-refractivity contribution in [3.8, 4) is 17.5 Å². The molecule has 1 aliphatic rings. The monoisotopic (exact) mass is 657 g/mol. The molecular formula is C28H43BFN4O8S2. The molecule has 0 aromatic heterocycles. The second-order valence-corrected chi connectivity index (χ2v) is 13.6. The number of hydrogen-bond donors (Lipinski definition) is 5. The zero-order valence-corrected chi connectivity index (χ0v) is 26.9. The summed E-state index contributed by atoms with van der Waals surface area (Å²) in [6.07, 6.45) is -1.04. The summed E-state index contributed by atoms with van der Waals surface area (Å²) in [6, 6.07) is 6.44. The molecular weight excluding hydrogens is 614 g/mol. The summed E-state index contributed by atoms with van der Waals surface area (Å²) < 4.78 is 40.6. The van der Waals surface area contributed by atoms with Crippen LogP contribution in [0.25, 0.3) is 0 Å². The maximum absolute atomic E-state index is 12.9. The van der Waals surface area contributed by atoms with E-state index in [2.05, 4.69) is 43.1 Å². The number of amides is 2. The number of aliphatic hydroxyl groups excluding tert-OH is 1. The standard InChI is InChI=1S/C28H43BFN4O8S2/c1-28(2,3)44-43-25(18-40-20-7-4-6-19(14-20)26(37)34-11-9-31)39-13-12-38-17-24(36)33-10-5-8-29-23-15-21(42-27(30)32)22(16-35)41-23/h4,6-7,14,21-23,25,27,35H,9-13,15-18,31-32H2,1-3H3,(H,33,36)(H,34,37)/t21-,22?,23-,25?,27-/m1/s1. The van der Waals surface area contributed by atoms with E-state index in [0.717, 1.165) is 0 Å². The van der Waals surface area contributed by atoms with E-state index in [0.29, 0.717) is 30.8 Å². The Balaban J connectivity index is 1.68. The smallest absolute Gasteiger partial charge is 0.253 e. The number of benzene rings is 1. The summed E-state index contributed by atoms with van der Waals surface area (Å²) in [4.78, 5) is 24.3. The largest absolute Gasteiger partial charge is 0.490 e. The third-order valence-corrected chi connectivity index (χ3v) is 9.06. The molecule has 1 saturated heterocycles. The van der Waals surface area contributed by atoms with Gasteiger partial charge in [0.25, 0.3) is 19.7 Å². The molecule has 2 unspecified atom stereocenters. The highest BCUT2D eigenvalue weighted by atomic mass is 33.1. The third kappa shape index (κ3) is 16.3. The summed E-state index contributed by atoms with van der Waals surface area (Å²) in [5, 5.41) is 14.7. The topological polar surface area (TPSA) is 177 Å². The fourth-order valence-electron chi connectivity index (χ4n) is 3.61. The molecule has 0 bridgehead atoms. The summed E-state index contributed by atoms with van der Waals surface area (Å²) >= 11 is 0. The molecule has 5 atom stereocenters. The van der Waals surface area contributed by atoms with Crippen molar-refractivity contribution in [3.63, 3.8) is 0 Å². The first-order chi connectivity index (χ1) is 21.0. The average molecular weight is 658 g/mol. The van der Waals surface area contributed by atoms with Crippen LogP contribution < -0.4 is 26.8 Å². The summed E-state index contributed by atoms with van der Waals surface area (Å²) in [7, 11) is 4.75. The first kappa shape index (κ1) is 38.1. The predicted molar refractivity (Wildman–Crippen MR) is 170 cm³/mol. The van der Waals surface area contributed by atoms with Crippen molar-refractivity contribution in [3.05, 3.63) is 29.8 Å². The first-order valence-electron chi connectivity index (χ1n) is 14.2. The van der Waals surface area contributed by atoms with Gasteiger partial charge in [0, 0.05) is 29.4 Å². The van der Waals surface area contributed by atoms with Crippen molar-refractivity contribution < 1.29 is 42.8 Å². The van der Waals surface area contributed by atoms with E-state index in [1.165, 1.54) is 10.8 Å². The quantitative estimate of drug-likeness (QED) is 0.0354. The SMILES string of the molecule is CC(C)(C)SSC(COc1cccc(C(=O)NCCN)c1)OCCOCC(=O)NCC#C[B][C@H]1C[C@@H](O[C@@H](N)F)C(CO)O1.